The van der Waals surface area contributed by atoms with Gasteiger partial charge < -0.3 is 107 Å². The third kappa shape index (κ3) is 53.4. The van der Waals surface area contributed by atoms with Crippen molar-refractivity contribution in [1.29, 1.82) is 0 Å². The Labute approximate surface area is 859 Å². The van der Waals surface area contributed by atoms with Gasteiger partial charge in [0.25, 0.3) is 6.17 Å². The number of nitrogens with two attached hydrogens (primary N) is 1. The number of nitrogens with one attached hydrogen (secondary N) is 2. The molecule has 21 N–H and O–H groups in total. The van der Waals surface area contributed by atoms with Crippen molar-refractivity contribution < 1.29 is 102 Å². The van der Waals surface area contributed by atoms with Gasteiger partial charge in [0.2, 0.25) is 0 Å². The fraction of sp³-hybridized carbons (Fsp3) is 0.607. The fourth-order valence-electron chi connectivity index (χ4n) is 17.5. The first-order valence-electron chi connectivity index (χ1n) is 53.2. The lowest BCUT2D eigenvalue weighted by molar-refractivity contribution is -0.826. The molecule has 10 unspecified atom stereocenters. The number of carboxylic acid groups (broad SMARTS) is 1. The predicted molar refractivity (Wildman–Crippen MR) is 579 cm³/mol. The van der Waals surface area contributed by atoms with E-state index in [0.29, 0.717) is 83.0 Å². The second-order valence-corrected chi connectivity index (χ2v) is 39.5. The van der Waals surface area contributed by atoms with Crippen molar-refractivity contribution in [2.24, 2.45) is 35.5 Å². The molecule has 4 aromatic heterocycles. The first-order chi connectivity index (χ1) is 68.1. The molecule has 26 nitrogen and oxygen atoms in total. The number of nitrogens with zero attached hydrogens (tertiary/aromatic N) is 4. The van der Waals surface area contributed by atoms with E-state index in [0.717, 1.165) is 126 Å². The van der Waals surface area contributed by atoms with E-state index in [4.69, 9.17) is 5.11 Å². The Hall–Kier alpha value is -8.78. The van der Waals surface area contributed by atoms with Gasteiger partial charge in [0.05, 0.1) is 25.3 Å². The number of aliphatic carboxylic acids is 1. The molecule has 2 amide bonds. The van der Waals surface area contributed by atoms with Crippen LogP contribution in [0.3, 0.4) is 0 Å². The van der Waals surface area contributed by atoms with Gasteiger partial charge in [-0.2, -0.15) is 0 Å². The van der Waals surface area contributed by atoms with E-state index in [9.17, 15) is 80.5 Å². The number of hydrogen-bond acceptors (Lipinski definition) is 16. The minimum atomic E-state index is -2.02. The summed E-state index contributed by atoms with van der Waals surface area (Å²) in [5, 5.41) is 140. The van der Waals surface area contributed by atoms with Gasteiger partial charge in [0.1, 0.15) is 6.54 Å². The van der Waals surface area contributed by atoms with Crippen molar-refractivity contribution in [3.05, 3.63) is 226 Å². The number of likely N-dealkylation sites (N-methyl/N-ethyl adjacent to an activating group) is 1. The SMILES string of the molecule is C/C=C(\C)CC(CO)n1cc(/C(=C\C(CC)C/C=C(\C)CCCCCCC)C(O)O)c(C([O-])O)c1.C=CC(C)CCCCCC/C(C)=C/C(C=C)/C(C)=C(/C=O)c1cn(CC(=O)O)cc1C(O)O.C=CCCC(CC)CCCC/C(C)=C/C/C(CC)=C(/CC[NH2+]C([NH3+])C[NH3+])c1cn(CC(C)O)cc1C(O)O.C=CCCCn1cc(/C(=C\C(/C=C(\C)CCCCCC)C(C)C)CCNC(=O)C(=O)NC)c(C([O-])O)c1. The van der Waals surface area contributed by atoms with Gasteiger partial charge in [-0.05, 0) is 235 Å². The molecule has 0 aliphatic rings. The van der Waals surface area contributed by atoms with Gasteiger partial charge in [0.15, 0.2) is 31.7 Å². The van der Waals surface area contributed by atoms with Crippen molar-refractivity contribution in [1.82, 2.24) is 28.9 Å². The van der Waals surface area contributed by atoms with Gasteiger partial charge >= 0.3 is 17.8 Å². The van der Waals surface area contributed by atoms with Crippen molar-refractivity contribution in [2.45, 2.75) is 392 Å². The molecule has 143 heavy (non-hydrogen) atoms. The third-order valence-corrected chi connectivity index (χ3v) is 26.9. The Kier molecular flexibility index (Phi) is 71.0. The quantitative estimate of drug-likeness (QED) is 0.00487. The summed E-state index contributed by atoms with van der Waals surface area (Å²) >= 11 is 0. The highest BCUT2D eigenvalue weighted by Gasteiger charge is 2.27. The standard InChI is InChI=1S/C31H56N4O3.C30H48N3O4.C29H48NO5.C27H39NO5/c1-6-9-13-25(7-2)14-11-10-12-23(4)15-16-26(8-3)27(17-18-34-30(33)19-32)28-21-35(20-24(5)36)22-29(28)31(37)38;1-7-9-11-12-14-23(5)18-25(22(3)4)19-24(15-16-32-29(35)28(34)31-6)26-20-33(17-13-10-8-2)21-27(26)30(36)37;1-6-9-10-11-12-13-22(5)14-15-23(8-3)17-25(28(32)33)26-18-30(19-27(26)29(34)35)24(20-31)16-21(4)7-2;1-6-19(3)12-10-8-9-11-13-20(4)14-22(7-2)21(5)25(18-29)23-15-28(17-26(30)31)16-24(23)27(32)33/h6,15,21-22,24-25,30-31,34,36-38H,1,7-14,16-20,32-33H2,2-5H3;8,18-22,25,30,36H,2,7,9-17H2,1,3-6H3,(H,31,34)(H,32,35);7,14,17-19,23-24,28-29,31-34H,6,8-13,15-16,20H2,1-5H3;6-7,14-16,18-19,22,27,32-33H,1-2,8-13,17H2,3-5H3,(H,30,31)/q;2*-1;/p+3/b23-15+,27-26-;23-18+,24-19-;21-7+,22-14+,25-17+;20-14+,25-21-. The topological polar surface area (TPSA) is 453 Å². The maximum absolute atomic E-state index is 12.2. The number of rotatable bonds is 71. The molecule has 4 rings (SSSR count). The number of aliphatic hydroxyl groups excluding tert-OH is 7. The van der Waals surface area contributed by atoms with Crippen LogP contribution in [0.2, 0.25) is 0 Å². The average Bonchev–Trinajstić information content (AvgIpc) is 1.67. The van der Waals surface area contributed by atoms with Crippen molar-refractivity contribution in [2.75, 3.05) is 33.3 Å². The third-order valence-electron chi connectivity index (χ3n) is 26.9. The molecule has 10 atom stereocenters. The Morgan fingerprint density at radius 1 is 0.566 bits per heavy atom. The van der Waals surface area contributed by atoms with Crippen LogP contribution in [0.4, 0.5) is 0 Å². The maximum atomic E-state index is 12.2. The van der Waals surface area contributed by atoms with Crippen LogP contribution < -0.4 is 37.6 Å². The summed E-state index contributed by atoms with van der Waals surface area (Å²) in [5.74, 6) is -0.798. The molecule has 0 spiro atoms. The van der Waals surface area contributed by atoms with Crippen LogP contribution >= 0.6 is 0 Å². The molecule has 0 bridgehead atoms. The van der Waals surface area contributed by atoms with Gasteiger partial charge in [-0.15, -0.1) is 26.3 Å². The fourth-order valence-corrected chi connectivity index (χ4v) is 17.5. The van der Waals surface area contributed by atoms with E-state index < -0.39 is 55.3 Å². The summed E-state index contributed by atoms with van der Waals surface area (Å²) in [6, 6.07) is -0.320. The zero-order chi connectivity index (χ0) is 108. The van der Waals surface area contributed by atoms with Crippen molar-refractivity contribution in [3.63, 3.8) is 0 Å². The largest absolute Gasteiger partial charge is 0.828 e. The molecule has 4 heterocycles. The second kappa shape index (κ2) is 76.7. The molecule has 0 saturated heterocycles. The number of quaternary nitrogens is 3. The lowest BCUT2D eigenvalue weighted by Gasteiger charge is -2.21. The summed E-state index contributed by atoms with van der Waals surface area (Å²) in [6.07, 6.45) is 62.5. The number of hydrogen-bond donors (Lipinski definition) is 16. The molecule has 0 aliphatic carbocycles. The summed E-state index contributed by atoms with van der Waals surface area (Å²) in [6.45, 7) is 51.3. The number of carbonyl (C=O) groups is 4. The lowest BCUT2D eigenvalue weighted by atomic mass is 9.88. The van der Waals surface area contributed by atoms with Gasteiger partial charge in [0, 0.05) is 140 Å². The zero-order valence-corrected chi connectivity index (χ0v) is 90.9. The van der Waals surface area contributed by atoms with E-state index in [-0.39, 0.29) is 66.4 Å². The van der Waals surface area contributed by atoms with Crippen LogP contribution in [0, 0.1) is 35.5 Å². The van der Waals surface area contributed by atoms with E-state index in [1.807, 2.05) is 79.6 Å². The number of carboxylic acids is 1. The van der Waals surface area contributed by atoms with Gasteiger partial charge in [-0.3, -0.25) is 24.5 Å². The summed E-state index contributed by atoms with van der Waals surface area (Å²) < 4.78 is 6.82. The minimum absolute atomic E-state index is 0.0562. The molecular formula is C117H194N9O17+. The Balaban J connectivity index is 0.000000955. The van der Waals surface area contributed by atoms with E-state index >= 15 is 0 Å². The Morgan fingerprint density at radius 3 is 1.64 bits per heavy atom. The molecule has 0 saturated carbocycles. The van der Waals surface area contributed by atoms with Crippen LogP contribution in [0.5, 0.6) is 0 Å². The van der Waals surface area contributed by atoms with E-state index in [1.54, 1.807) is 36.2 Å². The van der Waals surface area contributed by atoms with Gasteiger partial charge in [-0.1, -0.05) is 245 Å². The number of unbranched alkanes of at least 4 members (excludes halogenated alkanes) is 12. The number of aldehydes is 1. The van der Waals surface area contributed by atoms with Crippen LogP contribution in [-0.2, 0) is 38.8 Å². The smallest absolute Gasteiger partial charge is 0.323 e. The molecule has 0 aliphatic heterocycles. The number of allylic oxidation sites excluding steroid dienone is 19. The van der Waals surface area contributed by atoms with Crippen LogP contribution in [0.25, 0.3) is 22.3 Å². The van der Waals surface area contributed by atoms with Crippen molar-refractivity contribution >= 4 is 46.4 Å². The molecule has 808 valence electrons. The average molecular weight is 2000 g/mol. The summed E-state index contributed by atoms with van der Waals surface area (Å²) in [7, 11) is 1.41. The maximum Gasteiger partial charge on any atom is 0.323 e. The summed E-state index contributed by atoms with van der Waals surface area (Å²) in [5.41, 5.74) is 22.3. The van der Waals surface area contributed by atoms with Crippen LogP contribution in [0.1, 0.15) is 398 Å². The molecule has 4 aromatic rings. The predicted octanol–water partition coefficient (Wildman–Crippen LogP) is 17.9. The van der Waals surface area contributed by atoms with E-state index in [1.165, 1.54) is 173 Å². The molecule has 0 fully saturated rings. The highest BCUT2D eigenvalue weighted by Crippen LogP contribution is 2.38. The van der Waals surface area contributed by atoms with E-state index in [2.05, 4.69) is 160 Å². The number of aryl methyl sites for hydroxylation is 1. The lowest BCUT2D eigenvalue weighted by Crippen LogP contribution is -3.05. The van der Waals surface area contributed by atoms with Gasteiger partial charge in [-0.25, -0.2) is 0 Å². The second-order valence-electron chi connectivity index (χ2n) is 39.5. The molecular weight excluding hydrogens is 1800 g/mol. The highest BCUT2D eigenvalue weighted by molar-refractivity contribution is 6.35. The monoisotopic (exact) mass is 2000 g/mol. The Morgan fingerprint density at radius 2 is 1.12 bits per heavy atom. The highest BCUT2D eigenvalue weighted by atomic mass is 16.5. The molecule has 26 heteroatoms. The van der Waals surface area contributed by atoms with Crippen molar-refractivity contribution in [3.8, 4) is 0 Å². The number of amides is 2. The number of aromatic nitrogens is 4. The molecule has 0 aromatic carbocycles. The number of aliphatic hydroxyl groups is 10. The summed E-state index contributed by atoms with van der Waals surface area (Å²) in [4.78, 5) is 46.6. The van der Waals surface area contributed by atoms with Crippen LogP contribution in [-0.4, -0.2) is 150 Å². The Bertz CT molecular complexity index is 4600. The number of carbonyl (C=O) groups excluding carboxylic acids is 3. The first kappa shape index (κ1) is 132. The molecule has 0 radical (unpaired) electrons. The minimum Gasteiger partial charge on any atom is -0.828 e. The zero-order valence-electron chi connectivity index (χ0n) is 90.9. The first-order valence-corrected chi connectivity index (χ1v) is 53.2. The van der Waals surface area contributed by atoms with Crippen LogP contribution in [0.15, 0.2) is 182 Å². The normalized spacial score (nSPS) is 15.0.